The predicted molar refractivity (Wildman–Crippen MR) is 91.9 cm³/mol. The molecular formula is C18H15N5O3. The van der Waals surface area contributed by atoms with E-state index >= 15 is 0 Å². The van der Waals surface area contributed by atoms with Gasteiger partial charge >= 0.3 is 5.97 Å². The fourth-order valence-electron chi connectivity index (χ4n) is 3.30. The number of carbonyl (C=O) groups excluding carboxylic acids is 1. The smallest absolute Gasteiger partial charge is 0.311 e. The van der Waals surface area contributed by atoms with Gasteiger partial charge in [-0.3, -0.25) is 9.89 Å². The molecule has 1 aliphatic rings. The molecule has 0 saturated carbocycles. The van der Waals surface area contributed by atoms with Crippen LogP contribution in [-0.2, 0) is 16.0 Å². The highest BCUT2D eigenvalue weighted by atomic mass is 16.5. The van der Waals surface area contributed by atoms with Crippen LogP contribution in [0, 0.1) is 11.3 Å². The van der Waals surface area contributed by atoms with E-state index in [4.69, 9.17) is 15.2 Å². The van der Waals surface area contributed by atoms with Gasteiger partial charge in [0.2, 0.25) is 11.8 Å². The molecule has 4 N–H and O–H groups in total. The highest BCUT2D eigenvalue weighted by molar-refractivity contribution is 5.85. The largest absolute Gasteiger partial charge is 0.469 e. The Labute approximate surface area is 148 Å². The van der Waals surface area contributed by atoms with Crippen molar-refractivity contribution in [3.05, 3.63) is 58.7 Å². The number of nitriles is 1. The SMILES string of the molecule is COC(=O)Cc1[nH]nc2c1[C@H](c1c[nH]c3ccccc13)C(C#N)=C(N)O2. The van der Waals surface area contributed by atoms with Crippen LogP contribution in [0.25, 0.3) is 10.9 Å². The number of ether oxygens (including phenoxy) is 2. The average Bonchev–Trinajstić information content (AvgIpc) is 3.25. The topological polar surface area (TPSA) is 130 Å². The summed E-state index contributed by atoms with van der Waals surface area (Å²) in [6, 6.07) is 9.89. The number of allylic oxidation sites excluding steroid dienone is 1. The number of benzene rings is 1. The van der Waals surface area contributed by atoms with E-state index < -0.39 is 11.9 Å². The van der Waals surface area contributed by atoms with Gasteiger partial charge in [-0.1, -0.05) is 18.2 Å². The summed E-state index contributed by atoms with van der Waals surface area (Å²) in [5.41, 5.74) is 9.17. The van der Waals surface area contributed by atoms with E-state index in [1.54, 1.807) is 0 Å². The van der Waals surface area contributed by atoms with E-state index in [1.165, 1.54) is 7.11 Å². The third-order valence-corrected chi connectivity index (χ3v) is 4.50. The maximum absolute atomic E-state index is 11.8. The van der Waals surface area contributed by atoms with Crippen LogP contribution in [0.1, 0.15) is 22.7 Å². The van der Waals surface area contributed by atoms with Gasteiger partial charge < -0.3 is 20.2 Å². The normalized spacial score (nSPS) is 16.1. The molecule has 1 atom stereocenters. The van der Waals surface area contributed by atoms with E-state index in [0.717, 1.165) is 16.5 Å². The van der Waals surface area contributed by atoms with Gasteiger partial charge in [0.05, 0.1) is 30.7 Å². The van der Waals surface area contributed by atoms with Gasteiger partial charge in [0.1, 0.15) is 11.6 Å². The average molecular weight is 349 g/mol. The minimum absolute atomic E-state index is 0.00593. The number of rotatable bonds is 3. The predicted octanol–water partition coefficient (Wildman–Crippen LogP) is 1.82. The van der Waals surface area contributed by atoms with Crippen LogP contribution in [-0.4, -0.2) is 28.3 Å². The van der Waals surface area contributed by atoms with Crippen LogP contribution in [0.15, 0.2) is 41.9 Å². The molecule has 3 aromatic rings. The molecule has 1 aliphatic heterocycles. The first kappa shape index (κ1) is 15.8. The number of nitrogens with zero attached hydrogens (tertiary/aromatic N) is 2. The van der Waals surface area contributed by atoms with Gasteiger partial charge in [0, 0.05) is 17.1 Å². The molecule has 0 fully saturated rings. The molecule has 3 heterocycles. The number of fused-ring (bicyclic) bond motifs is 2. The van der Waals surface area contributed by atoms with Crippen molar-refractivity contribution < 1.29 is 14.3 Å². The zero-order valence-electron chi connectivity index (χ0n) is 13.9. The third-order valence-electron chi connectivity index (χ3n) is 4.50. The summed E-state index contributed by atoms with van der Waals surface area (Å²) in [6.07, 6.45) is 1.82. The molecule has 0 bridgehead atoms. The van der Waals surface area contributed by atoms with Crippen molar-refractivity contribution in [2.45, 2.75) is 12.3 Å². The lowest BCUT2D eigenvalue weighted by Crippen LogP contribution is -2.21. The van der Waals surface area contributed by atoms with Crippen LogP contribution in [0.5, 0.6) is 5.88 Å². The number of H-pyrrole nitrogens is 2. The van der Waals surface area contributed by atoms with Gasteiger partial charge in [-0.2, -0.15) is 5.26 Å². The van der Waals surface area contributed by atoms with E-state index in [0.29, 0.717) is 11.3 Å². The number of nitrogens with one attached hydrogen (secondary N) is 2. The van der Waals surface area contributed by atoms with E-state index in [2.05, 4.69) is 21.3 Å². The van der Waals surface area contributed by atoms with Crippen LogP contribution < -0.4 is 10.5 Å². The summed E-state index contributed by atoms with van der Waals surface area (Å²) < 4.78 is 10.3. The first-order valence-electron chi connectivity index (χ1n) is 7.91. The highest BCUT2D eigenvalue weighted by Gasteiger charge is 2.36. The summed E-state index contributed by atoms with van der Waals surface area (Å²) in [4.78, 5) is 15.0. The third kappa shape index (κ3) is 2.29. The minimum atomic E-state index is -0.502. The molecule has 130 valence electrons. The molecule has 0 spiro atoms. The van der Waals surface area contributed by atoms with Crippen LogP contribution in [0.4, 0.5) is 0 Å². The molecule has 2 aromatic heterocycles. The monoisotopic (exact) mass is 349 g/mol. The van der Waals surface area contributed by atoms with Crippen molar-refractivity contribution in [1.82, 2.24) is 15.2 Å². The van der Waals surface area contributed by atoms with E-state index in [-0.39, 0.29) is 23.8 Å². The molecule has 4 rings (SSSR count). The van der Waals surface area contributed by atoms with Crippen LogP contribution in [0.2, 0.25) is 0 Å². The van der Waals surface area contributed by atoms with Crippen molar-refractivity contribution >= 4 is 16.9 Å². The summed E-state index contributed by atoms with van der Waals surface area (Å²) >= 11 is 0. The molecule has 0 aliphatic carbocycles. The Morgan fingerprint density at radius 2 is 2.27 bits per heavy atom. The maximum atomic E-state index is 11.8. The van der Waals surface area contributed by atoms with Crippen molar-refractivity contribution in [3.8, 4) is 11.9 Å². The molecule has 0 radical (unpaired) electrons. The number of para-hydroxylation sites is 1. The number of methoxy groups -OCH3 is 1. The first-order chi connectivity index (χ1) is 12.6. The van der Waals surface area contributed by atoms with E-state index in [1.807, 2.05) is 30.5 Å². The van der Waals surface area contributed by atoms with Gasteiger partial charge in [-0.05, 0) is 11.6 Å². The van der Waals surface area contributed by atoms with Crippen molar-refractivity contribution in [3.63, 3.8) is 0 Å². The zero-order valence-corrected chi connectivity index (χ0v) is 13.9. The van der Waals surface area contributed by atoms with Crippen LogP contribution in [0.3, 0.4) is 0 Å². The molecule has 8 nitrogen and oxygen atoms in total. The molecule has 0 saturated heterocycles. The zero-order chi connectivity index (χ0) is 18.3. The van der Waals surface area contributed by atoms with Crippen LogP contribution >= 0.6 is 0 Å². The van der Waals surface area contributed by atoms with Gasteiger partial charge in [-0.15, -0.1) is 5.10 Å². The lowest BCUT2D eigenvalue weighted by atomic mass is 9.83. The minimum Gasteiger partial charge on any atom is -0.469 e. The first-order valence-corrected chi connectivity index (χ1v) is 7.91. The molecule has 0 amide bonds. The maximum Gasteiger partial charge on any atom is 0.311 e. The van der Waals surface area contributed by atoms with Crippen molar-refractivity contribution in [2.24, 2.45) is 5.73 Å². The lowest BCUT2D eigenvalue weighted by molar-refractivity contribution is -0.139. The van der Waals surface area contributed by atoms with Crippen molar-refractivity contribution in [2.75, 3.05) is 7.11 Å². The molecule has 26 heavy (non-hydrogen) atoms. The quantitative estimate of drug-likeness (QED) is 0.618. The summed E-state index contributed by atoms with van der Waals surface area (Å²) in [5, 5.41) is 17.6. The highest BCUT2D eigenvalue weighted by Crippen LogP contribution is 2.44. The Morgan fingerprint density at radius 3 is 3.04 bits per heavy atom. The molecular weight excluding hydrogens is 334 g/mol. The second-order valence-corrected chi connectivity index (χ2v) is 5.89. The second-order valence-electron chi connectivity index (χ2n) is 5.89. The fourth-order valence-corrected chi connectivity index (χ4v) is 3.30. The molecule has 8 heteroatoms. The number of aromatic amines is 2. The fraction of sp³-hybridized carbons (Fsp3) is 0.167. The number of aromatic nitrogens is 3. The van der Waals surface area contributed by atoms with Gasteiger partial charge in [0.15, 0.2) is 0 Å². The summed E-state index contributed by atoms with van der Waals surface area (Å²) in [6.45, 7) is 0. The van der Waals surface area contributed by atoms with Gasteiger partial charge in [-0.25, -0.2) is 0 Å². The Kier molecular flexibility index (Phi) is 3.62. The summed E-state index contributed by atoms with van der Waals surface area (Å²) in [5.74, 6) is -0.657. The molecule has 1 aromatic carbocycles. The number of esters is 1. The Bertz CT molecular complexity index is 1090. The second kappa shape index (κ2) is 5.97. The van der Waals surface area contributed by atoms with Crippen molar-refractivity contribution in [1.29, 1.82) is 5.26 Å². The number of hydrogen-bond donors (Lipinski definition) is 3. The Balaban J connectivity index is 1.94. The lowest BCUT2D eigenvalue weighted by Gasteiger charge is -2.23. The Hall–Kier alpha value is -3.73. The number of carbonyl (C=O) groups is 1. The van der Waals surface area contributed by atoms with E-state index in [9.17, 15) is 10.1 Å². The Morgan fingerprint density at radius 1 is 1.46 bits per heavy atom. The van der Waals surface area contributed by atoms with Gasteiger partial charge in [0.25, 0.3) is 0 Å². The molecule has 0 unspecified atom stereocenters. The number of hydrogen-bond acceptors (Lipinski definition) is 6. The number of nitrogens with two attached hydrogens (primary N) is 1. The standard InChI is InChI=1S/C18H15N5O3/c1-25-14(24)6-13-16-15(10(7-19)17(20)26-18(16)23-22-13)11-8-21-12-5-3-2-4-9(11)12/h2-5,8,15,21H,6,20H2,1H3,(H,22,23)/t15-/m0/s1. The summed E-state index contributed by atoms with van der Waals surface area (Å²) in [7, 11) is 1.32.